The second-order valence-electron chi connectivity index (χ2n) is 3.80. The van der Waals surface area contributed by atoms with Gasteiger partial charge in [-0.1, -0.05) is 0 Å². The molecule has 0 spiro atoms. The fourth-order valence-electron chi connectivity index (χ4n) is 1.01. The van der Waals surface area contributed by atoms with Crippen LogP contribution in [0.5, 0.6) is 0 Å². The number of nitrogens with one attached hydrogen (secondary N) is 1. The van der Waals surface area contributed by atoms with Crippen molar-refractivity contribution in [2.75, 3.05) is 11.5 Å². The Labute approximate surface area is 102 Å². The van der Waals surface area contributed by atoms with Crippen LogP contribution < -0.4 is 5.73 Å². The second-order valence-corrected chi connectivity index (χ2v) is 6.24. The van der Waals surface area contributed by atoms with Crippen molar-refractivity contribution in [3.63, 3.8) is 0 Å². The molecule has 0 amide bonds. The summed E-state index contributed by atoms with van der Waals surface area (Å²) in [6, 6.07) is -1.30. The van der Waals surface area contributed by atoms with Gasteiger partial charge in [0.15, 0.2) is 6.10 Å². The number of hydrogen-bond acceptors (Lipinski definition) is 5. The zero-order chi connectivity index (χ0) is 14.6. The lowest BCUT2D eigenvalue weighted by Crippen LogP contribution is -2.33. The van der Waals surface area contributed by atoms with Gasteiger partial charge < -0.3 is 15.9 Å². The summed E-state index contributed by atoms with van der Waals surface area (Å²) < 4.78 is 54.6. The van der Waals surface area contributed by atoms with Crippen LogP contribution in [-0.2, 0) is 14.5 Å². The zero-order valence-electron chi connectivity index (χ0n) is 9.31. The maximum absolute atomic E-state index is 11.9. The molecule has 6 nitrogen and oxygen atoms in total. The van der Waals surface area contributed by atoms with Crippen LogP contribution in [-0.4, -0.2) is 50.2 Å². The van der Waals surface area contributed by atoms with Gasteiger partial charge in [0.05, 0.1) is 0 Å². The maximum atomic E-state index is 11.9. The third kappa shape index (κ3) is 6.77. The highest BCUT2D eigenvalue weighted by Crippen LogP contribution is 2.22. The summed E-state index contributed by atoms with van der Waals surface area (Å²) >= 11 is 0. The minimum Gasteiger partial charge on any atom is -0.480 e. The van der Waals surface area contributed by atoms with Gasteiger partial charge in [-0.15, -0.1) is 0 Å². The molecule has 0 fully saturated rings. The van der Waals surface area contributed by atoms with Gasteiger partial charge in [0.1, 0.15) is 6.04 Å². The minimum atomic E-state index is -4.81. The summed E-state index contributed by atoms with van der Waals surface area (Å²) in [6.45, 7) is 0. The number of aliphatic carboxylic acids is 1. The first-order valence-corrected chi connectivity index (χ1v) is 6.82. The van der Waals surface area contributed by atoms with Crippen molar-refractivity contribution in [2.45, 2.75) is 31.2 Å². The van der Waals surface area contributed by atoms with Gasteiger partial charge in [-0.3, -0.25) is 9.57 Å². The number of aliphatic hydroxyl groups excluding tert-OH is 1. The summed E-state index contributed by atoms with van der Waals surface area (Å²) in [5, 5.41) is 17.1. The van der Waals surface area contributed by atoms with E-state index in [9.17, 15) is 22.2 Å². The van der Waals surface area contributed by atoms with Crippen molar-refractivity contribution < 1.29 is 32.4 Å². The minimum absolute atomic E-state index is 0.264. The van der Waals surface area contributed by atoms with Gasteiger partial charge in [0.2, 0.25) is 0 Å². The molecule has 0 aliphatic heterocycles. The predicted molar refractivity (Wildman–Crippen MR) is 57.5 cm³/mol. The molecule has 5 N–H and O–H groups in total. The van der Waals surface area contributed by atoms with Crippen LogP contribution in [0.25, 0.3) is 0 Å². The molecular formula is C8H15F3N2O4S. The van der Waals surface area contributed by atoms with Crippen LogP contribution in [0.2, 0.25) is 0 Å². The Morgan fingerprint density at radius 1 is 1.33 bits per heavy atom. The molecule has 0 aromatic carbocycles. The quantitative estimate of drug-likeness (QED) is 0.531. The normalized spacial score (nSPS) is 18.9. The van der Waals surface area contributed by atoms with Crippen LogP contribution in [0, 0.1) is 4.78 Å². The van der Waals surface area contributed by atoms with Crippen molar-refractivity contribution in [2.24, 2.45) is 5.73 Å². The number of carbonyl (C=O) groups is 1. The Bertz CT molecular complexity index is 382. The molecule has 0 saturated heterocycles. The molecular weight excluding hydrogens is 277 g/mol. The zero-order valence-corrected chi connectivity index (χ0v) is 10.1. The summed E-state index contributed by atoms with van der Waals surface area (Å²) in [5.74, 6) is -2.40. The van der Waals surface area contributed by atoms with Gasteiger partial charge in [0.25, 0.3) is 0 Å². The molecule has 0 aromatic heterocycles. The fraction of sp³-hybridized carbons (Fsp3) is 0.875. The maximum Gasteiger partial charge on any atom is 0.414 e. The van der Waals surface area contributed by atoms with E-state index in [4.69, 9.17) is 20.7 Å². The number of carboxylic acids is 1. The van der Waals surface area contributed by atoms with Gasteiger partial charge in [-0.05, 0) is 12.8 Å². The molecule has 0 bridgehead atoms. The Balaban J connectivity index is 4.22. The summed E-state index contributed by atoms with van der Waals surface area (Å²) in [6.07, 6.45) is -8.56. The Morgan fingerprint density at radius 2 is 1.78 bits per heavy atom. The topological polar surface area (TPSA) is 124 Å². The number of carboxylic acid groups (broad SMARTS) is 1. The van der Waals surface area contributed by atoms with E-state index >= 15 is 0 Å². The predicted octanol–water partition coefficient (Wildman–Crippen LogP) is 0.148. The number of rotatable bonds is 7. The third-order valence-electron chi connectivity index (χ3n) is 2.17. The molecule has 0 aliphatic carbocycles. The van der Waals surface area contributed by atoms with Gasteiger partial charge >= 0.3 is 12.1 Å². The van der Waals surface area contributed by atoms with E-state index in [1.54, 1.807) is 0 Å². The van der Waals surface area contributed by atoms with Crippen molar-refractivity contribution in [1.29, 1.82) is 4.78 Å². The van der Waals surface area contributed by atoms with E-state index in [1.165, 1.54) is 0 Å². The van der Waals surface area contributed by atoms with E-state index in [0.29, 0.717) is 0 Å². The first kappa shape index (κ1) is 17.1. The molecule has 0 rings (SSSR count). The molecule has 108 valence electrons. The van der Waals surface area contributed by atoms with Crippen molar-refractivity contribution in [1.82, 2.24) is 0 Å². The first-order chi connectivity index (χ1) is 7.96. The molecule has 1 unspecified atom stereocenters. The van der Waals surface area contributed by atoms with Gasteiger partial charge in [0, 0.05) is 21.2 Å². The van der Waals surface area contributed by atoms with Crippen molar-refractivity contribution >= 4 is 15.7 Å². The average Bonchev–Trinajstić information content (AvgIpc) is 2.21. The SMILES string of the molecule is N=[S@@](=O)(CCC(N)C(=O)O)CC[C@@H](O)C(F)(F)F. The first-order valence-electron chi connectivity index (χ1n) is 4.93. The lowest BCUT2D eigenvalue weighted by atomic mass is 10.2. The highest BCUT2D eigenvalue weighted by molar-refractivity contribution is 7.92. The number of alkyl halides is 3. The van der Waals surface area contributed by atoms with E-state index in [1.807, 2.05) is 0 Å². The summed E-state index contributed by atoms with van der Waals surface area (Å²) in [7, 11) is -3.37. The van der Waals surface area contributed by atoms with E-state index in [-0.39, 0.29) is 6.42 Å². The van der Waals surface area contributed by atoms with Crippen molar-refractivity contribution in [3.05, 3.63) is 0 Å². The fourth-order valence-corrected chi connectivity index (χ4v) is 2.45. The highest BCUT2D eigenvalue weighted by atomic mass is 32.2. The van der Waals surface area contributed by atoms with E-state index in [0.717, 1.165) is 0 Å². The van der Waals surface area contributed by atoms with Crippen LogP contribution in [0.1, 0.15) is 12.8 Å². The van der Waals surface area contributed by atoms with Crippen molar-refractivity contribution in [3.8, 4) is 0 Å². The molecule has 0 saturated carbocycles. The molecule has 3 atom stereocenters. The van der Waals surface area contributed by atoms with E-state index in [2.05, 4.69) is 0 Å². The monoisotopic (exact) mass is 292 g/mol. The van der Waals surface area contributed by atoms with Crippen LogP contribution >= 0.6 is 0 Å². The Hall–Kier alpha value is -0.870. The average molecular weight is 292 g/mol. The lowest BCUT2D eigenvalue weighted by Gasteiger charge is -2.15. The Kier molecular flexibility index (Phi) is 6.04. The molecule has 18 heavy (non-hydrogen) atoms. The number of nitrogens with two attached hydrogens (primary N) is 1. The molecule has 10 heteroatoms. The molecule has 0 heterocycles. The number of aliphatic hydroxyl groups is 1. The van der Waals surface area contributed by atoms with Crippen LogP contribution in [0.15, 0.2) is 0 Å². The second kappa shape index (κ2) is 6.34. The molecule has 0 radical (unpaired) electrons. The van der Waals surface area contributed by atoms with E-state index < -0.39 is 51.9 Å². The summed E-state index contributed by atoms with van der Waals surface area (Å²) in [5.41, 5.74) is 5.11. The highest BCUT2D eigenvalue weighted by Gasteiger charge is 2.38. The lowest BCUT2D eigenvalue weighted by molar-refractivity contribution is -0.203. The number of hydrogen-bond donors (Lipinski definition) is 4. The largest absolute Gasteiger partial charge is 0.480 e. The van der Waals surface area contributed by atoms with Gasteiger partial charge in [-0.2, -0.15) is 13.2 Å². The summed E-state index contributed by atoms with van der Waals surface area (Å²) in [4.78, 5) is 10.3. The van der Waals surface area contributed by atoms with Crippen LogP contribution in [0.4, 0.5) is 13.2 Å². The number of halogens is 3. The standard InChI is InChI=1S/C8H15F3N2O4S/c9-8(10,11)6(14)2-4-18(13,17)3-1-5(12)7(15)16/h5-6,13-14H,1-4,12H2,(H,15,16)/t5?,6-,18-/m1/s1. The van der Waals surface area contributed by atoms with Gasteiger partial charge in [-0.25, -0.2) is 4.21 Å². The molecule has 0 aliphatic rings. The molecule has 0 aromatic rings. The Morgan fingerprint density at radius 3 is 2.17 bits per heavy atom. The smallest absolute Gasteiger partial charge is 0.414 e. The van der Waals surface area contributed by atoms with Crippen LogP contribution in [0.3, 0.4) is 0 Å². The third-order valence-corrected chi connectivity index (χ3v) is 3.96.